The van der Waals surface area contributed by atoms with Gasteiger partial charge in [0.05, 0.1) is 15.6 Å². The van der Waals surface area contributed by atoms with Crippen molar-refractivity contribution in [3.63, 3.8) is 0 Å². The standard InChI is InChI=1S/C17H23Cl2NO/c1-16(21)5-7-17(8-6-16,13-4-9-20-11-13)12-2-3-14(18)15(19)10-12/h2-3,10,13,20-21H,4-9,11H2,1H3/t13-,16-,17-/m1/s1. The van der Waals surface area contributed by atoms with Gasteiger partial charge in [-0.2, -0.15) is 0 Å². The molecule has 1 saturated heterocycles. The van der Waals surface area contributed by atoms with Gasteiger partial charge >= 0.3 is 0 Å². The van der Waals surface area contributed by atoms with Crippen LogP contribution in [-0.4, -0.2) is 23.8 Å². The Balaban J connectivity index is 1.98. The van der Waals surface area contributed by atoms with Crippen LogP contribution in [0.4, 0.5) is 0 Å². The Labute approximate surface area is 136 Å². The maximum Gasteiger partial charge on any atom is 0.0620 e. The normalized spacial score (nSPS) is 36.9. The maximum atomic E-state index is 10.3. The average Bonchev–Trinajstić information content (AvgIpc) is 2.97. The van der Waals surface area contributed by atoms with Gasteiger partial charge in [-0.3, -0.25) is 0 Å². The van der Waals surface area contributed by atoms with Gasteiger partial charge < -0.3 is 10.4 Å². The summed E-state index contributed by atoms with van der Waals surface area (Å²) < 4.78 is 0. The summed E-state index contributed by atoms with van der Waals surface area (Å²) in [5.74, 6) is 0.617. The SMILES string of the molecule is C[C@]1(O)CC[C@](c2ccc(Cl)c(Cl)c2)([C@@H]2CCNC2)CC1. The zero-order valence-electron chi connectivity index (χ0n) is 12.5. The molecule has 2 aliphatic rings. The van der Waals surface area contributed by atoms with E-state index in [1.165, 1.54) is 12.0 Å². The molecule has 1 aliphatic heterocycles. The fourth-order valence-corrected chi connectivity index (χ4v) is 4.40. The number of rotatable bonds is 2. The molecule has 1 atom stereocenters. The Morgan fingerprint density at radius 1 is 1.14 bits per heavy atom. The van der Waals surface area contributed by atoms with Gasteiger partial charge in [-0.1, -0.05) is 29.3 Å². The molecule has 1 saturated carbocycles. The first-order valence-corrected chi connectivity index (χ1v) is 8.57. The van der Waals surface area contributed by atoms with Crippen LogP contribution in [-0.2, 0) is 5.41 Å². The Kier molecular flexibility index (Phi) is 4.26. The minimum Gasteiger partial charge on any atom is -0.390 e. The summed E-state index contributed by atoms with van der Waals surface area (Å²) in [5, 5.41) is 15.1. The fourth-order valence-electron chi connectivity index (χ4n) is 4.10. The van der Waals surface area contributed by atoms with Gasteiger partial charge in [0, 0.05) is 0 Å². The summed E-state index contributed by atoms with van der Waals surface area (Å²) in [6, 6.07) is 6.09. The number of aliphatic hydroxyl groups is 1. The molecule has 0 bridgehead atoms. The van der Waals surface area contributed by atoms with Crippen LogP contribution in [0, 0.1) is 5.92 Å². The molecule has 1 aliphatic carbocycles. The van der Waals surface area contributed by atoms with Gasteiger partial charge in [-0.25, -0.2) is 0 Å². The second kappa shape index (κ2) is 5.73. The minimum atomic E-state index is -0.522. The van der Waals surface area contributed by atoms with Crippen molar-refractivity contribution in [3.8, 4) is 0 Å². The highest BCUT2D eigenvalue weighted by Gasteiger charge is 2.46. The summed E-state index contributed by atoms with van der Waals surface area (Å²) in [7, 11) is 0. The lowest BCUT2D eigenvalue weighted by atomic mass is 9.59. The van der Waals surface area contributed by atoms with Crippen LogP contribution in [0.1, 0.15) is 44.6 Å². The Morgan fingerprint density at radius 2 is 1.86 bits per heavy atom. The van der Waals surface area contributed by atoms with E-state index in [4.69, 9.17) is 23.2 Å². The van der Waals surface area contributed by atoms with Crippen molar-refractivity contribution < 1.29 is 5.11 Å². The summed E-state index contributed by atoms with van der Waals surface area (Å²) in [6.07, 6.45) is 4.94. The summed E-state index contributed by atoms with van der Waals surface area (Å²) in [4.78, 5) is 0. The molecule has 2 fully saturated rings. The number of hydrogen-bond donors (Lipinski definition) is 2. The molecule has 21 heavy (non-hydrogen) atoms. The van der Waals surface area contributed by atoms with Crippen molar-refractivity contribution >= 4 is 23.2 Å². The lowest BCUT2D eigenvalue weighted by molar-refractivity contribution is -0.0105. The first kappa shape index (κ1) is 15.6. The summed E-state index contributed by atoms with van der Waals surface area (Å²) >= 11 is 12.3. The minimum absolute atomic E-state index is 0.125. The molecule has 116 valence electrons. The van der Waals surface area contributed by atoms with E-state index in [1.807, 2.05) is 19.1 Å². The van der Waals surface area contributed by atoms with Crippen LogP contribution in [0.15, 0.2) is 18.2 Å². The lowest BCUT2D eigenvalue weighted by Gasteiger charge is -2.47. The van der Waals surface area contributed by atoms with E-state index < -0.39 is 5.60 Å². The molecule has 0 aromatic heterocycles. The highest BCUT2D eigenvalue weighted by molar-refractivity contribution is 6.42. The van der Waals surface area contributed by atoms with Crippen LogP contribution < -0.4 is 5.32 Å². The number of benzene rings is 1. The van der Waals surface area contributed by atoms with E-state index in [2.05, 4.69) is 11.4 Å². The highest BCUT2D eigenvalue weighted by atomic mass is 35.5. The van der Waals surface area contributed by atoms with Crippen LogP contribution in [0.5, 0.6) is 0 Å². The first-order chi connectivity index (χ1) is 9.93. The van der Waals surface area contributed by atoms with Crippen molar-refractivity contribution in [3.05, 3.63) is 33.8 Å². The molecule has 0 amide bonds. The maximum absolute atomic E-state index is 10.3. The second-order valence-electron chi connectivity index (χ2n) is 6.97. The Bertz CT molecular complexity index is 514. The molecule has 2 N–H and O–H groups in total. The fraction of sp³-hybridized carbons (Fsp3) is 0.647. The molecular weight excluding hydrogens is 305 g/mol. The van der Waals surface area contributed by atoms with E-state index >= 15 is 0 Å². The largest absolute Gasteiger partial charge is 0.390 e. The Hall–Kier alpha value is -0.280. The molecule has 1 aromatic rings. The van der Waals surface area contributed by atoms with Gasteiger partial charge in [0.25, 0.3) is 0 Å². The zero-order valence-corrected chi connectivity index (χ0v) is 14.0. The Morgan fingerprint density at radius 3 is 2.43 bits per heavy atom. The van der Waals surface area contributed by atoms with Crippen molar-refractivity contribution in [1.29, 1.82) is 0 Å². The van der Waals surface area contributed by atoms with Crippen LogP contribution in [0.25, 0.3) is 0 Å². The van der Waals surface area contributed by atoms with Crippen molar-refractivity contribution in [2.75, 3.05) is 13.1 Å². The number of halogens is 2. The van der Waals surface area contributed by atoms with E-state index in [9.17, 15) is 5.11 Å². The smallest absolute Gasteiger partial charge is 0.0620 e. The van der Waals surface area contributed by atoms with Crippen molar-refractivity contribution in [2.24, 2.45) is 5.92 Å². The predicted molar refractivity (Wildman–Crippen MR) is 88.2 cm³/mol. The van der Waals surface area contributed by atoms with Gasteiger partial charge in [-0.15, -0.1) is 0 Å². The second-order valence-corrected chi connectivity index (χ2v) is 7.79. The van der Waals surface area contributed by atoms with Gasteiger partial charge in [0.15, 0.2) is 0 Å². The van der Waals surface area contributed by atoms with E-state index in [0.717, 1.165) is 38.8 Å². The van der Waals surface area contributed by atoms with Crippen molar-refractivity contribution in [1.82, 2.24) is 5.32 Å². The molecular formula is C17H23Cl2NO. The molecule has 1 heterocycles. The van der Waals surface area contributed by atoms with E-state index in [0.29, 0.717) is 16.0 Å². The quantitative estimate of drug-likeness (QED) is 0.854. The molecule has 0 unspecified atom stereocenters. The van der Waals surface area contributed by atoms with Crippen LogP contribution >= 0.6 is 23.2 Å². The lowest BCUT2D eigenvalue weighted by Crippen LogP contribution is -2.44. The zero-order chi connectivity index (χ0) is 15.1. The van der Waals surface area contributed by atoms with Crippen LogP contribution in [0.2, 0.25) is 10.0 Å². The summed E-state index contributed by atoms with van der Waals surface area (Å²) in [6.45, 7) is 4.10. The number of hydrogen-bond acceptors (Lipinski definition) is 2. The van der Waals surface area contributed by atoms with Crippen LogP contribution in [0.3, 0.4) is 0 Å². The van der Waals surface area contributed by atoms with Gasteiger partial charge in [0.2, 0.25) is 0 Å². The average molecular weight is 328 g/mol. The monoisotopic (exact) mass is 327 g/mol. The third kappa shape index (κ3) is 2.96. The molecule has 0 radical (unpaired) electrons. The van der Waals surface area contributed by atoms with E-state index in [-0.39, 0.29) is 5.41 Å². The molecule has 4 heteroatoms. The number of nitrogens with one attached hydrogen (secondary N) is 1. The molecule has 0 spiro atoms. The first-order valence-electron chi connectivity index (χ1n) is 7.82. The molecule has 2 nitrogen and oxygen atoms in total. The third-order valence-corrected chi connectivity index (χ3v) is 6.29. The van der Waals surface area contributed by atoms with Gasteiger partial charge in [0.1, 0.15) is 0 Å². The molecule has 3 rings (SSSR count). The van der Waals surface area contributed by atoms with E-state index in [1.54, 1.807) is 0 Å². The van der Waals surface area contributed by atoms with Crippen molar-refractivity contribution in [2.45, 2.75) is 50.0 Å². The van der Waals surface area contributed by atoms with Gasteiger partial charge in [-0.05, 0) is 81.1 Å². The topological polar surface area (TPSA) is 32.3 Å². The summed E-state index contributed by atoms with van der Waals surface area (Å²) in [5.41, 5.74) is 0.896. The highest BCUT2D eigenvalue weighted by Crippen LogP contribution is 2.50. The predicted octanol–water partition coefficient (Wildman–Crippen LogP) is 4.17. The molecule has 1 aromatic carbocycles. The third-order valence-electron chi connectivity index (χ3n) is 5.56.